The Bertz CT molecular complexity index is 718. The van der Waals surface area contributed by atoms with Crippen molar-refractivity contribution in [2.45, 2.75) is 13.1 Å². The molecule has 0 unspecified atom stereocenters. The van der Waals surface area contributed by atoms with Gasteiger partial charge in [0, 0.05) is 10.6 Å². The summed E-state index contributed by atoms with van der Waals surface area (Å²) in [4.78, 5) is 11.2. The number of aromatic carboxylic acids is 1. The summed E-state index contributed by atoms with van der Waals surface area (Å²) in [6, 6.07) is 5.79. The molecule has 2 aromatic rings. The molecule has 0 spiro atoms. The van der Waals surface area contributed by atoms with Crippen LogP contribution in [0.5, 0.6) is 11.6 Å². The van der Waals surface area contributed by atoms with Crippen molar-refractivity contribution in [2.24, 2.45) is 0 Å². The standard InChI is InChI=1S/C13H8ClF3N2O3/c1-6-9(12(20)21)11(19-18-10(6)13(15,16)17)22-8-4-2-7(14)3-5-8/h2-5H,1H3,(H,20,21). The van der Waals surface area contributed by atoms with Crippen LogP contribution in [0.15, 0.2) is 24.3 Å². The molecule has 22 heavy (non-hydrogen) atoms. The van der Waals surface area contributed by atoms with E-state index >= 15 is 0 Å². The fraction of sp³-hybridized carbons (Fsp3) is 0.154. The predicted molar refractivity (Wildman–Crippen MR) is 70.3 cm³/mol. The molecule has 1 heterocycles. The molecule has 9 heteroatoms. The zero-order valence-corrected chi connectivity index (χ0v) is 11.7. The molecule has 0 amide bonds. The maximum absolute atomic E-state index is 12.7. The largest absolute Gasteiger partial charge is 0.477 e. The van der Waals surface area contributed by atoms with Gasteiger partial charge in [-0.05, 0) is 31.2 Å². The minimum Gasteiger partial charge on any atom is -0.477 e. The van der Waals surface area contributed by atoms with E-state index in [1.54, 1.807) is 0 Å². The van der Waals surface area contributed by atoms with Crippen molar-refractivity contribution in [3.8, 4) is 11.6 Å². The average molecular weight is 333 g/mol. The van der Waals surface area contributed by atoms with Crippen LogP contribution in [0.25, 0.3) is 0 Å². The van der Waals surface area contributed by atoms with E-state index in [0.29, 0.717) is 5.02 Å². The summed E-state index contributed by atoms with van der Waals surface area (Å²) >= 11 is 5.69. The minimum atomic E-state index is -4.81. The Balaban J connectivity index is 2.50. The molecule has 0 saturated heterocycles. The van der Waals surface area contributed by atoms with E-state index < -0.39 is 34.8 Å². The van der Waals surface area contributed by atoms with Crippen molar-refractivity contribution >= 4 is 17.6 Å². The normalized spacial score (nSPS) is 11.3. The van der Waals surface area contributed by atoms with Crippen LogP contribution in [0.1, 0.15) is 21.6 Å². The van der Waals surface area contributed by atoms with Crippen LogP contribution in [-0.4, -0.2) is 21.3 Å². The third-order valence-corrected chi connectivity index (χ3v) is 2.95. The van der Waals surface area contributed by atoms with E-state index in [-0.39, 0.29) is 5.75 Å². The van der Waals surface area contributed by atoms with Gasteiger partial charge < -0.3 is 9.84 Å². The van der Waals surface area contributed by atoms with Gasteiger partial charge >= 0.3 is 12.1 Å². The summed E-state index contributed by atoms with van der Waals surface area (Å²) in [5, 5.41) is 15.8. The lowest BCUT2D eigenvalue weighted by molar-refractivity contribution is -0.142. The molecule has 1 aromatic heterocycles. The highest BCUT2D eigenvalue weighted by atomic mass is 35.5. The number of carboxylic acids is 1. The monoisotopic (exact) mass is 332 g/mol. The molecule has 5 nitrogen and oxygen atoms in total. The van der Waals surface area contributed by atoms with Crippen LogP contribution >= 0.6 is 11.6 Å². The first-order valence-electron chi connectivity index (χ1n) is 5.81. The van der Waals surface area contributed by atoms with Crippen molar-refractivity contribution < 1.29 is 27.8 Å². The van der Waals surface area contributed by atoms with Crippen LogP contribution < -0.4 is 4.74 Å². The van der Waals surface area contributed by atoms with Crippen molar-refractivity contribution in [3.05, 3.63) is 46.1 Å². The zero-order valence-electron chi connectivity index (χ0n) is 11.0. The molecule has 0 fully saturated rings. The second-order valence-electron chi connectivity index (χ2n) is 4.21. The Morgan fingerprint density at radius 1 is 1.23 bits per heavy atom. The van der Waals surface area contributed by atoms with Crippen molar-refractivity contribution in [3.63, 3.8) is 0 Å². The first-order chi connectivity index (χ1) is 10.2. The molecule has 0 saturated carbocycles. The van der Waals surface area contributed by atoms with Gasteiger partial charge in [-0.1, -0.05) is 11.6 Å². The van der Waals surface area contributed by atoms with E-state index in [1.807, 2.05) is 0 Å². The molecule has 1 aromatic carbocycles. The van der Waals surface area contributed by atoms with Gasteiger partial charge in [0.05, 0.1) is 0 Å². The molecule has 0 radical (unpaired) electrons. The SMILES string of the molecule is Cc1c(C(F)(F)F)nnc(Oc2ccc(Cl)cc2)c1C(=O)O. The predicted octanol–water partition coefficient (Wildman–Crippen LogP) is 3.95. The molecular weight excluding hydrogens is 325 g/mol. The highest BCUT2D eigenvalue weighted by Gasteiger charge is 2.38. The van der Waals surface area contributed by atoms with Crippen LogP contribution in [0.4, 0.5) is 13.2 Å². The molecule has 2 rings (SSSR count). The summed E-state index contributed by atoms with van der Waals surface area (Å²) in [6.45, 7) is 0.996. The number of benzene rings is 1. The lowest BCUT2D eigenvalue weighted by Crippen LogP contribution is -2.16. The van der Waals surface area contributed by atoms with Gasteiger partial charge in [0.2, 0.25) is 0 Å². The number of rotatable bonds is 3. The first-order valence-corrected chi connectivity index (χ1v) is 6.19. The highest BCUT2D eigenvalue weighted by Crippen LogP contribution is 2.34. The second-order valence-corrected chi connectivity index (χ2v) is 4.65. The van der Waals surface area contributed by atoms with E-state index in [9.17, 15) is 18.0 Å². The van der Waals surface area contributed by atoms with Crippen LogP contribution in [0, 0.1) is 6.92 Å². The topological polar surface area (TPSA) is 72.3 Å². The molecule has 0 aliphatic rings. The summed E-state index contributed by atoms with van der Waals surface area (Å²) in [6.07, 6.45) is -4.81. The average Bonchev–Trinajstić information content (AvgIpc) is 2.39. The van der Waals surface area contributed by atoms with E-state index in [0.717, 1.165) is 6.92 Å². The summed E-state index contributed by atoms with van der Waals surface area (Å²) in [5.41, 5.74) is -2.63. The highest BCUT2D eigenvalue weighted by molar-refractivity contribution is 6.30. The van der Waals surface area contributed by atoms with Crippen molar-refractivity contribution in [1.82, 2.24) is 10.2 Å². The second kappa shape index (κ2) is 5.80. The number of nitrogens with zero attached hydrogens (tertiary/aromatic N) is 2. The number of halogens is 4. The number of aromatic nitrogens is 2. The third kappa shape index (κ3) is 3.28. The first kappa shape index (κ1) is 16.0. The summed E-state index contributed by atoms with van der Waals surface area (Å²) in [7, 11) is 0. The minimum absolute atomic E-state index is 0.167. The lowest BCUT2D eigenvalue weighted by Gasteiger charge is -2.13. The third-order valence-electron chi connectivity index (χ3n) is 2.70. The van der Waals surface area contributed by atoms with E-state index in [1.165, 1.54) is 24.3 Å². The fourth-order valence-corrected chi connectivity index (χ4v) is 1.83. The zero-order chi connectivity index (χ0) is 16.5. The lowest BCUT2D eigenvalue weighted by atomic mass is 10.1. The number of carboxylic acid groups (broad SMARTS) is 1. The Morgan fingerprint density at radius 3 is 2.32 bits per heavy atom. The Labute approximate surface area is 127 Å². The van der Waals surface area contributed by atoms with Crippen LogP contribution in [0.3, 0.4) is 0 Å². The number of hydrogen-bond acceptors (Lipinski definition) is 4. The smallest absolute Gasteiger partial charge is 0.435 e. The van der Waals surface area contributed by atoms with Gasteiger partial charge in [-0.3, -0.25) is 0 Å². The van der Waals surface area contributed by atoms with Gasteiger partial charge in [0.25, 0.3) is 5.88 Å². The number of hydrogen-bond donors (Lipinski definition) is 1. The molecule has 1 N–H and O–H groups in total. The van der Waals surface area contributed by atoms with Gasteiger partial charge in [-0.2, -0.15) is 13.2 Å². The molecule has 0 aliphatic carbocycles. The summed E-state index contributed by atoms with van der Waals surface area (Å²) in [5.74, 6) is -1.96. The van der Waals surface area contributed by atoms with Crippen molar-refractivity contribution in [1.29, 1.82) is 0 Å². The Morgan fingerprint density at radius 2 is 1.82 bits per heavy atom. The number of carbonyl (C=O) groups is 1. The summed E-state index contributed by atoms with van der Waals surface area (Å²) < 4.78 is 43.4. The maximum atomic E-state index is 12.7. The molecule has 116 valence electrons. The fourth-order valence-electron chi connectivity index (χ4n) is 1.71. The van der Waals surface area contributed by atoms with Crippen molar-refractivity contribution in [2.75, 3.05) is 0 Å². The molecular formula is C13H8ClF3N2O3. The van der Waals surface area contributed by atoms with Crippen LogP contribution in [-0.2, 0) is 6.18 Å². The van der Waals surface area contributed by atoms with Gasteiger partial charge in [-0.25, -0.2) is 4.79 Å². The van der Waals surface area contributed by atoms with Gasteiger partial charge in [-0.15, -0.1) is 10.2 Å². The Kier molecular flexibility index (Phi) is 4.23. The van der Waals surface area contributed by atoms with E-state index in [2.05, 4.69) is 10.2 Å². The quantitative estimate of drug-likeness (QED) is 0.921. The number of ether oxygens (including phenoxy) is 1. The molecule has 0 aliphatic heterocycles. The van der Waals surface area contributed by atoms with Gasteiger partial charge in [0.15, 0.2) is 5.69 Å². The van der Waals surface area contributed by atoms with E-state index in [4.69, 9.17) is 21.4 Å². The van der Waals surface area contributed by atoms with Crippen LogP contribution in [0.2, 0.25) is 5.02 Å². The molecule has 0 bridgehead atoms. The number of alkyl halides is 3. The molecule has 0 atom stereocenters. The van der Waals surface area contributed by atoms with Gasteiger partial charge in [0.1, 0.15) is 11.3 Å². The Hall–Kier alpha value is -2.35. The maximum Gasteiger partial charge on any atom is 0.435 e.